The third-order valence-electron chi connectivity index (χ3n) is 8.02. The lowest BCUT2D eigenvalue weighted by atomic mass is 9.77. The first kappa shape index (κ1) is 27.7. The maximum Gasteiger partial charge on any atom is 0.351 e. The van der Waals surface area contributed by atoms with Crippen LogP contribution in [-0.4, -0.2) is 39.4 Å². The molecule has 0 radical (unpaired) electrons. The summed E-state index contributed by atoms with van der Waals surface area (Å²) in [4.78, 5) is 29.5. The summed E-state index contributed by atoms with van der Waals surface area (Å²) in [5.41, 5.74) is 1.38. The number of benzene rings is 4. The van der Waals surface area contributed by atoms with Crippen LogP contribution in [0.4, 0.5) is 5.82 Å². The van der Waals surface area contributed by atoms with Crippen molar-refractivity contribution in [2.24, 2.45) is 0 Å². The van der Waals surface area contributed by atoms with Gasteiger partial charge in [-0.3, -0.25) is 9.36 Å². The van der Waals surface area contributed by atoms with Crippen molar-refractivity contribution in [3.8, 4) is 11.5 Å². The maximum atomic E-state index is 13.0. The van der Waals surface area contributed by atoms with Crippen LogP contribution in [0.3, 0.4) is 0 Å². The number of aromatic nitrogens is 2. The summed E-state index contributed by atoms with van der Waals surface area (Å²) in [6.45, 7) is 0.0304. The van der Waals surface area contributed by atoms with Crippen LogP contribution in [0.5, 0.6) is 11.5 Å². The maximum absolute atomic E-state index is 13.0. The smallest absolute Gasteiger partial charge is 0.351 e. The quantitative estimate of drug-likeness (QED) is 0.267. The number of nitrogens with zero attached hydrogens (tertiary/aromatic N) is 2. The number of nitrogens with one attached hydrogen (secondary N) is 1. The molecule has 3 atom stereocenters. The molecule has 0 saturated carbocycles. The molecule has 0 aliphatic carbocycles. The molecule has 0 spiro atoms. The number of para-hydroxylation sites is 2. The molecule has 0 bridgehead atoms. The van der Waals surface area contributed by atoms with Crippen molar-refractivity contribution in [3.05, 3.63) is 154 Å². The van der Waals surface area contributed by atoms with E-state index in [-0.39, 0.29) is 24.8 Å². The number of aliphatic hydroxyl groups excluding tert-OH is 1. The van der Waals surface area contributed by atoms with Gasteiger partial charge in [-0.15, -0.1) is 0 Å². The van der Waals surface area contributed by atoms with E-state index in [4.69, 9.17) is 14.2 Å². The molecule has 2 aliphatic heterocycles. The molecule has 44 heavy (non-hydrogen) atoms. The lowest BCUT2D eigenvalue weighted by molar-refractivity contribution is -0.0960. The van der Waals surface area contributed by atoms with Gasteiger partial charge in [0.2, 0.25) is 0 Å². The predicted octanol–water partition coefficient (Wildman–Crippen LogP) is 5.26. The molecule has 9 nitrogen and oxygen atoms in total. The van der Waals surface area contributed by atoms with Gasteiger partial charge in [-0.2, -0.15) is 4.98 Å². The zero-order valence-corrected chi connectivity index (χ0v) is 23.6. The van der Waals surface area contributed by atoms with E-state index in [1.54, 1.807) is 24.3 Å². The SMILES string of the molecule is O=C(Nc1ccn([C@H]2C[C@@H](O)[C@@H](COC3(c4ccccc4)c4ccccc4Oc4ccccc43)O2)c(=O)n1)c1ccccc1. The Balaban J connectivity index is 1.14. The van der Waals surface area contributed by atoms with E-state index in [1.165, 1.54) is 16.8 Å². The lowest BCUT2D eigenvalue weighted by Crippen LogP contribution is -2.39. The number of hydrogen-bond acceptors (Lipinski definition) is 7. The largest absolute Gasteiger partial charge is 0.457 e. The molecule has 1 aromatic heterocycles. The van der Waals surface area contributed by atoms with Crippen LogP contribution in [0.25, 0.3) is 0 Å². The minimum absolute atomic E-state index is 0.0304. The van der Waals surface area contributed by atoms with Crippen molar-refractivity contribution < 1.29 is 24.1 Å². The third kappa shape index (κ3) is 4.97. The summed E-state index contributed by atoms with van der Waals surface area (Å²) < 4.78 is 20.7. The number of carbonyl (C=O) groups is 1. The fourth-order valence-corrected chi connectivity index (χ4v) is 5.90. The van der Waals surface area contributed by atoms with Crippen LogP contribution in [0, 0.1) is 0 Å². The Morgan fingerprint density at radius 1 is 0.886 bits per heavy atom. The van der Waals surface area contributed by atoms with Gasteiger partial charge >= 0.3 is 5.69 Å². The Kier molecular flexibility index (Phi) is 7.27. The molecular formula is C35H29N3O6. The van der Waals surface area contributed by atoms with Gasteiger partial charge in [-0.25, -0.2) is 4.79 Å². The van der Waals surface area contributed by atoms with Gasteiger partial charge in [-0.1, -0.05) is 84.9 Å². The van der Waals surface area contributed by atoms with E-state index in [2.05, 4.69) is 10.3 Å². The van der Waals surface area contributed by atoms with Crippen LogP contribution < -0.4 is 15.7 Å². The molecule has 220 valence electrons. The molecule has 9 heteroatoms. The lowest BCUT2D eigenvalue weighted by Gasteiger charge is -2.41. The summed E-state index contributed by atoms with van der Waals surface area (Å²) >= 11 is 0. The van der Waals surface area contributed by atoms with E-state index in [0.29, 0.717) is 17.1 Å². The van der Waals surface area contributed by atoms with Crippen LogP contribution in [0.15, 0.2) is 126 Å². The Labute approximate surface area is 253 Å². The molecule has 3 heterocycles. The highest BCUT2D eigenvalue weighted by atomic mass is 16.6. The minimum Gasteiger partial charge on any atom is -0.457 e. The Morgan fingerprint density at radius 2 is 1.50 bits per heavy atom. The number of fused-ring (bicyclic) bond motifs is 2. The highest BCUT2D eigenvalue weighted by molar-refractivity contribution is 6.03. The molecule has 5 aromatic rings. The Morgan fingerprint density at radius 3 is 2.16 bits per heavy atom. The second kappa shape index (κ2) is 11.5. The predicted molar refractivity (Wildman–Crippen MR) is 163 cm³/mol. The minimum atomic E-state index is -1.04. The Hall–Kier alpha value is -5.09. The third-order valence-corrected chi connectivity index (χ3v) is 8.02. The van der Waals surface area contributed by atoms with E-state index in [9.17, 15) is 14.7 Å². The molecule has 2 aliphatic rings. The monoisotopic (exact) mass is 587 g/mol. The average molecular weight is 588 g/mol. The van der Waals surface area contributed by atoms with Gasteiger partial charge in [0.25, 0.3) is 5.91 Å². The molecule has 7 rings (SSSR count). The highest BCUT2D eigenvalue weighted by Crippen LogP contribution is 2.52. The number of carbonyl (C=O) groups excluding carboxylic acids is 1. The number of amides is 1. The van der Waals surface area contributed by atoms with E-state index in [1.807, 2.05) is 84.9 Å². The van der Waals surface area contributed by atoms with Crippen LogP contribution >= 0.6 is 0 Å². The van der Waals surface area contributed by atoms with Gasteiger partial charge < -0.3 is 24.6 Å². The average Bonchev–Trinajstić information content (AvgIpc) is 3.43. The standard InChI is InChI=1S/C35H29N3O6/c39-27-21-32(38-20-19-31(37-34(38)41)36-33(40)23-11-3-1-4-12-23)44-30(27)22-42-35(24-13-5-2-6-14-24)25-15-7-9-17-28(25)43-29-18-10-8-16-26(29)35/h1-20,27,30,32,39H,21-22H2,(H,36,37,40,41)/t27-,30-,32-/m1/s1. The molecule has 1 amide bonds. The fourth-order valence-electron chi connectivity index (χ4n) is 5.90. The summed E-state index contributed by atoms with van der Waals surface area (Å²) in [7, 11) is 0. The Bertz CT molecular complexity index is 1810. The van der Waals surface area contributed by atoms with Gasteiger partial charge in [0.15, 0.2) is 5.60 Å². The molecule has 0 unspecified atom stereocenters. The fraction of sp³-hybridized carbons (Fsp3) is 0.171. The number of anilines is 1. The zero-order chi connectivity index (χ0) is 30.1. The summed E-state index contributed by atoms with van der Waals surface area (Å²) in [5, 5.41) is 13.7. The second-order valence-corrected chi connectivity index (χ2v) is 10.7. The van der Waals surface area contributed by atoms with Gasteiger partial charge in [0.1, 0.15) is 29.6 Å². The molecule has 2 N–H and O–H groups in total. The van der Waals surface area contributed by atoms with E-state index >= 15 is 0 Å². The van der Waals surface area contributed by atoms with Crippen LogP contribution in [0.1, 0.15) is 39.7 Å². The van der Waals surface area contributed by atoms with Crippen molar-refractivity contribution in [1.29, 1.82) is 0 Å². The first-order valence-corrected chi connectivity index (χ1v) is 14.4. The molecule has 1 fully saturated rings. The first-order valence-electron chi connectivity index (χ1n) is 14.4. The van der Waals surface area contributed by atoms with Crippen LogP contribution in [-0.2, 0) is 15.1 Å². The van der Waals surface area contributed by atoms with Crippen molar-refractivity contribution in [2.75, 3.05) is 11.9 Å². The summed E-state index contributed by atoms with van der Waals surface area (Å²) in [6.07, 6.45) is -0.721. The second-order valence-electron chi connectivity index (χ2n) is 10.7. The normalized spacial score (nSPS) is 19.8. The topological polar surface area (TPSA) is 112 Å². The molecule has 1 saturated heterocycles. The van der Waals surface area contributed by atoms with Crippen molar-refractivity contribution >= 4 is 11.7 Å². The first-order chi connectivity index (χ1) is 21.5. The van der Waals surface area contributed by atoms with Crippen molar-refractivity contribution in [2.45, 2.75) is 30.5 Å². The van der Waals surface area contributed by atoms with Gasteiger partial charge in [0.05, 0.1) is 12.7 Å². The zero-order valence-electron chi connectivity index (χ0n) is 23.6. The molecular weight excluding hydrogens is 558 g/mol. The van der Waals surface area contributed by atoms with Crippen LogP contribution in [0.2, 0.25) is 0 Å². The van der Waals surface area contributed by atoms with Crippen molar-refractivity contribution in [3.63, 3.8) is 0 Å². The number of hydrogen-bond donors (Lipinski definition) is 2. The molecule has 4 aromatic carbocycles. The summed E-state index contributed by atoms with van der Waals surface area (Å²) in [5.74, 6) is 1.11. The highest BCUT2D eigenvalue weighted by Gasteiger charge is 2.46. The number of rotatable bonds is 7. The van der Waals surface area contributed by atoms with Gasteiger partial charge in [0, 0.05) is 29.3 Å². The van der Waals surface area contributed by atoms with Gasteiger partial charge in [-0.05, 0) is 35.9 Å². The van der Waals surface area contributed by atoms with Crippen molar-refractivity contribution in [1.82, 2.24) is 9.55 Å². The number of aliphatic hydroxyl groups is 1. The summed E-state index contributed by atoms with van der Waals surface area (Å²) in [6, 6.07) is 35.6. The van der Waals surface area contributed by atoms with E-state index < -0.39 is 29.7 Å². The van der Waals surface area contributed by atoms with E-state index in [0.717, 1.165) is 16.7 Å². The number of ether oxygens (including phenoxy) is 3.